The standard InChI is InChI=1S/C12H18N2O5/c13-9-3-1-2-4-10(9)19-5-11(18)14-12(6-15,7-16)8-17/h1-4,15-17H,5-8,13H2,(H,14,18). The molecule has 6 N–H and O–H groups in total. The van der Waals surface area contributed by atoms with Gasteiger partial charge in [0.1, 0.15) is 11.3 Å². The highest BCUT2D eigenvalue weighted by Crippen LogP contribution is 2.19. The van der Waals surface area contributed by atoms with Crippen LogP contribution >= 0.6 is 0 Å². The number of amides is 1. The van der Waals surface area contributed by atoms with Crippen LogP contribution in [0.4, 0.5) is 5.69 Å². The van der Waals surface area contributed by atoms with E-state index in [4.69, 9.17) is 25.8 Å². The predicted octanol–water partition coefficient (Wildman–Crippen LogP) is -1.52. The Morgan fingerprint density at radius 3 is 2.32 bits per heavy atom. The van der Waals surface area contributed by atoms with E-state index in [-0.39, 0.29) is 6.61 Å². The molecule has 0 bridgehead atoms. The van der Waals surface area contributed by atoms with Gasteiger partial charge in [-0.25, -0.2) is 0 Å². The Labute approximate surface area is 110 Å². The summed E-state index contributed by atoms with van der Waals surface area (Å²) >= 11 is 0. The maximum absolute atomic E-state index is 11.6. The van der Waals surface area contributed by atoms with Crippen molar-refractivity contribution in [1.82, 2.24) is 5.32 Å². The second kappa shape index (κ2) is 6.93. The second-order valence-corrected chi connectivity index (χ2v) is 4.13. The summed E-state index contributed by atoms with van der Waals surface area (Å²) in [6.07, 6.45) is 0. The number of benzene rings is 1. The van der Waals surface area contributed by atoms with Crippen molar-refractivity contribution in [3.63, 3.8) is 0 Å². The molecule has 7 nitrogen and oxygen atoms in total. The SMILES string of the molecule is Nc1ccccc1OCC(=O)NC(CO)(CO)CO. The number of rotatable bonds is 7. The zero-order valence-electron chi connectivity index (χ0n) is 10.4. The summed E-state index contributed by atoms with van der Waals surface area (Å²) in [4.78, 5) is 11.6. The summed E-state index contributed by atoms with van der Waals surface area (Å²) < 4.78 is 5.20. The number of ether oxygens (including phenoxy) is 1. The first-order valence-corrected chi connectivity index (χ1v) is 5.68. The molecule has 0 aliphatic heterocycles. The fourth-order valence-electron chi connectivity index (χ4n) is 1.36. The molecule has 1 aromatic rings. The summed E-state index contributed by atoms with van der Waals surface area (Å²) in [6, 6.07) is 6.69. The zero-order chi connectivity index (χ0) is 14.3. The minimum atomic E-state index is -1.46. The van der Waals surface area contributed by atoms with Gasteiger partial charge in [-0.2, -0.15) is 0 Å². The average Bonchev–Trinajstić information content (AvgIpc) is 2.44. The molecule has 106 valence electrons. The van der Waals surface area contributed by atoms with Crippen molar-refractivity contribution in [3.8, 4) is 5.75 Å². The molecule has 0 heterocycles. The van der Waals surface area contributed by atoms with Crippen molar-refractivity contribution in [3.05, 3.63) is 24.3 Å². The lowest BCUT2D eigenvalue weighted by molar-refractivity contribution is -0.127. The van der Waals surface area contributed by atoms with E-state index in [1.54, 1.807) is 24.3 Å². The molecular formula is C12H18N2O5. The average molecular weight is 270 g/mol. The van der Waals surface area contributed by atoms with Gasteiger partial charge in [0.05, 0.1) is 25.5 Å². The van der Waals surface area contributed by atoms with Crippen molar-refractivity contribution >= 4 is 11.6 Å². The van der Waals surface area contributed by atoms with E-state index in [1.807, 2.05) is 0 Å². The van der Waals surface area contributed by atoms with Crippen LogP contribution in [-0.4, -0.2) is 53.2 Å². The van der Waals surface area contributed by atoms with Crippen molar-refractivity contribution in [1.29, 1.82) is 0 Å². The summed E-state index contributed by atoms with van der Waals surface area (Å²) in [7, 11) is 0. The fourth-order valence-corrected chi connectivity index (χ4v) is 1.36. The third-order valence-corrected chi connectivity index (χ3v) is 2.59. The number of anilines is 1. The largest absolute Gasteiger partial charge is 0.482 e. The van der Waals surface area contributed by atoms with E-state index in [0.29, 0.717) is 11.4 Å². The van der Waals surface area contributed by atoms with Crippen molar-refractivity contribution in [2.45, 2.75) is 5.54 Å². The van der Waals surface area contributed by atoms with Crippen molar-refractivity contribution < 1.29 is 24.9 Å². The van der Waals surface area contributed by atoms with Crippen LogP contribution in [-0.2, 0) is 4.79 Å². The molecule has 1 rings (SSSR count). The molecule has 0 saturated heterocycles. The van der Waals surface area contributed by atoms with E-state index in [1.165, 1.54) is 0 Å². The molecule has 1 amide bonds. The minimum Gasteiger partial charge on any atom is -0.482 e. The topological polar surface area (TPSA) is 125 Å². The van der Waals surface area contributed by atoms with E-state index >= 15 is 0 Å². The van der Waals surface area contributed by atoms with Gasteiger partial charge in [-0.3, -0.25) is 4.79 Å². The number of hydrogen-bond donors (Lipinski definition) is 5. The lowest BCUT2D eigenvalue weighted by Crippen LogP contribution is -2.58. The van der Waals surface area contributed by atoms with Gasteiger partial charge < -0.3 is 31.1 Å². The molecule has 1 aromatic carbocycles. The Balaban J connectivity index is 2.54. The molecule has 0 saturated carbocycles. The van der Waals surface area contributed by atoms with E-state index in [2.05, 4.69) is 5.32 Å². The molecule has 0 fully saturated rings. The van der Waals surface area contributed by atoms with Gasteiger partial charge in [0.25, 0.3) is 5.91 Å². The van der Waals surface area contributed by atoms with Crippen LogP contribution in [0.25, 0.3) is 0 Å². The third kappa shape index (κ3) is 4.09. The van der Waals surface area contributed by atoms with Gasteiger partial charge >= 0.3 is 0 Å². The van der Waals surface area contributed by atoms with Crippen LogP contribution in [0.3, 0.4) is 0 Å². The Morgan fingerprint density at radius 1 is 1.21 bits per heavy atom. The maximum atomic E-state index is 11.6. The van der Waals surface area contributed by atoms with E-state index in [0.717, 1.165) is 0 Å². The molecular weight excluding hydrogens is 252 g/mol. The first kappa shape index (κ1) is 15.2. The third-order valence-electron chi connectivity index (χ3n) is 2.59. The molecule has 7 heteroatoms. The highest BCUT2D eigenvalue weighted by Gasteiger charge is 2.29. The number of aliphatic hydroxyl groups is 3. The fraction of sp³-hybridized carbons (Fsp3) is 0.417. The Hall–Kier alpha value is -1.83. The Kier molecular flexibility index (Phi) is 5.56. The molecule has 19 heavy (non-hydrogen) atoms. The number of carbonyl (C=O) groups excluding carboxylic acids is 1. The number of aliphatic hydroxyl groups excluding tert-OH is 3. The number of nitrogens with one attached hydrogen (secondary N) is 1. The molecule has 0 unspecified atom stereocenters. The van der Waals surface area contributed by atoms with E-state index < -0.39 is 31.3 Å². The van der Waals surface area contributed by atoms with Gasteiger partial charge in [0.15, 0.2) is 6.61 Å². The minimum absolute atomic E-state index is 0.337. The summed E-state index contributed by atoms with van der Waals surface area (Å²) in [5.74, 6) is -0.222. The highest BCUT2D eigenvalue weighted by molar-refractivity contribution is 5.78. The zero-order valence-corrected chi connectivity index (χ0v) is 10.4. The molecule has 0 spiro atoms. The Morgan fingerprint density at radius 2 is 1.79 bits per heavy atom. The lowest BCUT2D eigenvalue weighted by atomic mass is 10.0. The van der Waals surface area contributed by atoms with Crippen LogP contribution in [0, 0.1) is 0 Å². The number of nitrogens with two attached hydrogens (primary N) is 1. The first-order chi connectivity index (χ1) is 9.06. The number of para-hydroxylation sites is 2. The first-order valence-electron chi connectivity index (χ1n) is 5.68. The smallest absolute Gasteiger partial charge is 0.258 e. The van der Waals surface area contributed by atoms with Crippen LogP contribution in [0.2, 0.25) is 0 Å². The van der Waals surface area contributed by atoms with Crippen LogP contribution in [0.5, 0.6) is 5.75 Å². The summed E-state index contributed by atoms with van der Waals surface area (Å²) in [5, 5.41) is 29.5. The normalized spacial score (nSPS) is 11.1. The van der Waals surface area contributed by atoms with Crippen LogP contribution < -0.4 is 15.8 Å². The summed E-state index contributed by atoms with van der Waals surface area (Å²) in [5.41, 5.74) is 4.58. The summed E-state index contributed by atoms with van der Waals surface area (Å²) in [6.45, 7) is -2.09. The maximum Gasteiger partial charge on any atom is 0.258 e. The molecule has 0 aliphatic rings. The van der Waals surface area contributed by atoms with Crippen LogP contribution in [0.1, 0.15) is 0 Å². The molecule has 0 aliphatic carbocycles. The van der Waals surface area contributed by atoms with Crippen molar-refractivity contribution in [2.75, 3.05) is 32.2 Å². The van der Waals surface area contributed by atoms with E-state index in [9.17, 15) is 4.79 Å². The number of hydrogen-bond acceptors (Lipinski definition) is 6. The number of nitrogen functional groups attached to an aromatic ring is 1. The van der Waals surface area contributed by atoms with Gasteiger partial charge in [0, 0.05) is 0 Å². The van der Waals surface area contributed by atoms with Crippen molar-refractivity contribution in [2.24, 2.45) is 0 Å². The second-order valence-electron chi connectivity index (χ2n) is 4.13. The molecule has 0 radical (unpaired) electrons. The molecule has 0 atom stereocenters. The van der Waals surface area contributed by atoms with Crippen LogP contribution in [0.15, 0.2) is 24.3 Å². The number of carbonyl (C=O) groups is 1. The van der Waals surface area contributed by atoms with Gasteiger partial charge in [-0.05, 0) is 12.1 Å². The molecule has 0 aromatic heterocycles. The lowest BCUT2D eigenvalue weighted by Gasteiger charge is -2.28. The monoisotopic (exact) mass is 270 g/mol. The van der Waals surface area contributed by atoms with Gasteiger partial charge in [-0.15, -0.1) is 0 Å². The Bertz CT molecular complexity index is 412. The quantitative estimate of drug-likeness (QED) is 0.383. The predicted molar refractivity (Wildman–Crippen MR) is 68.5 cm³/mol. The highest BCUT2D eigenvalue weighted by atomic mass is 16.5. The van der Waals surface area contributed by atoms with Gasteiger partial charge in [0.2, 0.25) is 0 Å². The van der Waals surface area contributed by atoms with Gasteiger partial charge in [-0.1, -0.05) is 12.1 Å².